The number of rotatable bonds is 3. The Kier molecular flexibility index (Phi) is 3.43. The first kappa shape index (κ1) is 14.3. The fourth-order valence-corrected chi connectivity index (χ4v) is 2.35. The maximum absolute atomic E-state index is 13.2. The fraction of sp³-hybridized carbons (Fsp3) is 0. The van der Waals surface area contributed by atoms with Gasteiger partial charge in [0, 0.05) is 17.8 Å². The van der Waals surface area contributed by atoms with Crippen molar-refractivity contribution < 1.29 is 12.8 Å². The molecule has 0 radical (unpaired) electrons. The average Bonchev–Trinajstić information content (AvgIpc) is 2.96. The van der Waals surface area contributed by atoms with E-state index in [2.05, 4.69) is 15.1 Å². The van der Waals surface area contributed by atoms with Crippen LogP contribution in [0.2, 0.25) is 0 Å². The minimum absolute atomic E-state index is 0.231. The van der Waals surface area contributed by atoms with Gasteiger partial charge in [0.25, 0.3) is 10.0 Å². The lowest BCUT2D eigenvalue weighted by Gasteiger charge is -2.01. The molecule has 0 saturated carbocycles. The molecule has 3 rings (SSSR count). The number of aromatic nitrogens is 4. The van der Waals surface area contributed by atoms with Crippen molar-refractivity contribution in [2.45, 2.75) is 5.03 Å². The van der Waals surface area contributed by atoms with Gasteiger partial charge in [-0.15, -0.1) is 0 Å². The van der Waals surface area contributed by atoms with Gasteiger partial charge in [-0.05, 0) is 12.1 Å². The quantitative estimate of drug-likeness (QED) is 0.779. The molecule has 0 aliphatic rings. The summed E-state index contributed by atoms with van der Waals surface area (Å²) in [5.41, 5.74) is 1.39. The summed E-state index contributed by atoms with van der Waals surface area (Å²) in [6, 6.07) is 5.74. The van der Waals surface area contributed by atoms with Crippen LogP contribution in [0.1, 0.15) is 0 Å². The molecule has 7 nitrogen and oxygen atoms in total. The molecule has 112 valence electrons. The van der Waals surface area contributed by atoms with Gasteiger partial charge in [0.05, 0.1) is 30.0 Å². The smallest absolute Gasteiger partial charge is 0.255 e. The zero-order chi connectivity index (χ0) is 15.7. The summed E-state index contributed by atoms with van der Waals surface area (Å²) in [7, 11) is -3.88. The summed E-state index contributed by atoms with van der Waals surface area (Å²) in [5.74, 6) is -0.483. The highest BCUT2D eigenvalue weighted by molar-refractivity contribution is 7.89. The maximum Gasteiger partial charge on any atom is 0.255 e. The fourth-order valence-electron chi connectivity index (χ4n) is 1.86. The van der Waals surface area contributed by atoms with Crippen molar-refractivity contribution in [3.05, 3.63) is 54.9 Å². The average molecular weight is 319 g/mol. The van der Waals surface area contributed by atoms with Gasteiger partial charge >= 0.3 is 0 Å². The van der Waals surface area contributed by atoms with Crippen LogP contribution in [-0.2, 0) is 10.0 Å². The number of nitrogens with two attached hydrogens (primary N) is 1. The van der Waals surface area contributed by atoms with E-state index in [1.807, 2.05) is 0 Å². The Morgan fingerprint density at radius 2 is 2.00 bits per heavy atom. The Morgan fingerprint density at radius 1 is 1.18 bits per heavy atom. The van der Waals surface area contributed by atoms with Crippen LogP contribution >= 0.6 is 0 Å². The number of hydrogen-bond acceptors (Lipinski definition) is 5. The Balaban J connectivity index is 2.01. The third-order valence-electron chi connectivity index (χ3n) is 2.85. The molecule has 0 aromatic carbocycles. The molecule has 9 heteroatoms. The van der Waals surface area contributed by atoms with Crippen LogP contribution in [0.5, 0.6) is 0 Å². The van der Waals surface area contributed by atoms with Gasteiger partial charge in [0.2, 0.25) is 0 Å². The van der Waals surface area contributed by atoms with Gasteiger partial charge in [0.1, 0.15) is 5.82 Å². The standard InChI is InChI=1S/C13H10FN5O2S/c14-10-4-11(7-16-6-10)19-8-9(5-17-19)12-2-1-3-13(18-12)22(15,20)21/h1-8H,(H2,15,20,21). The lowest BCUT2D eigenvalue weighted by molar-refractivity contribution is 0.594. The van der Waals surface area contributed by atoms with Gasteiger partial charge in [-0.3, -0.25) is 4.98 Å². The van der Waals surface area contributed by atoms with E-state index in [0.29, 0.717) is 16.9 Å². The van der Waals surface area contributed by atoms with Gasteiger partial charge in [-0.25, -0.2) is 27.6 Å². The van der Waals surface area contributed by atoms with Crippen molar-refractivity contribution in [3.8, 4) is 16.9 Å². The third kappa shape index (κ3) is 2.85. The van der Waals surface area contributed by atoms with E-state index in [0.717, 1.165) is 6.20 Å². The summed E-state index contributed by atoms with van der Waals surface area (Å²) in [5, 5.41) is 8.91. The molecule has 2 N–H and O–H groups in total. The monoisotopic (exact) mass is 319 g/mol. The van der Waals surface area contributed by atoms with E-state index in [4.69, 9.17) is 5.14 Å². The molecule has 0 saturated heterocycles. The predicted octanol–water partition coefficient (Wildman–Crippen LogP) is 1.12. The van der Waals surface area contributed by atoms with E-state index in [9.17, 15) is 12.8 Å². The van der Waals surface area contributed by atoms with E-state index < -0.39 is 15.8 Å². The van der Waals surface area contributed by atoms with Crippen molar-refractivity contribution in [2.75, 3.05) is 0 Å². The molecule has 3 aromatic heterocycles. The molecule has 0 amide bonds. The van der Waals surface area contributed by atoms with Crippen LogP contribution in [0, 0.1) is 5.82 Å². The molecule has 0 fully saturated rings. The van der Waals surface area contributed by atoms with Crippen molar-refractivity contribution in [3.63, 3.8) is 0 Å². The molecule has 3 heterocycles. The number of pyridine rings is 2. The van der Waals surface area contributed by atoms with Gasteiger partial charge in [-0.2, -0.15) is 5.10 Å². The zero-order valence-electron chi connectivity index (χ0n) is 11.1. The summed E-state index contributed by atoms with van der Waals surface area (Å²) < 4.78 is 37.2. The second-order valence-electron chi connectivity index (χ2n) is 4.44. The number of hydrogen-bond donors (Lipinski definition) is 1. The van der Waals surface area contributed by atoms with Crippen LogP contribution in [-0.4, -0.2) is 28.2 Å². The van der Waals surface area contributed by atoms with Gasteiger partial charge in [-0.1, -0.05) is 6.07 Å². The third-order valence-corrected chi connectivity index (χ3v) is 3.66. The topological polar surface area (TPSA) is 104 Å². The van der Waals surface area contributed by atoms with Crippen LogP contribution in [0.3, 0.4) is 0 Å². The van der Waals surface area contributed by atoms with Crippen molar-refractivity contribution in [1.82, 2.24) is 19.7 Å². The minimum Gasteiger partial charge on any atom is -0.259 e. The van der Waals surface area contributed by atoms with Crippen molar-refractivity contribution in [2.24, 2.45) is 5.14 Å². The normalized spacial score (nSPS) is 11.5. The molecular formula is C13H10FN5O2S. The second-order valence-corrected chi connectivity index (χ2v) is 5.95. The molecule has 0 spiro atoms. The SMILES string of the molecule is NS(=O)(=O)c1cccc(-c2cnn(-c3cncc(F)c3)c2)n1. The second kappa shape index (κ2) is 5.28. The number of nitrogens with zero attached hydrogens (tertiary/aromatic N) is 4. The molecule has 0 atom stereocenters. The lowest BCUT2D eigenvalue weighted by atomic mass is 10.2. The highest BCUT2D eigenvalue weighted by Crippen LogP contribution is 2.19. The summed E-state index contributed by atoms with van der Waals surface area (Å²) >= 11 is 0. The molecule has 0 aliphatic carbocycles. The Hall–Kier alpha value is -2.65. The van der Waals surface area contributed by atoms with E-state index in [-0.39, 0.29) is 5.03 Å². The Bertz CT molecular complexity index is 939. The number of sulfonamides is 1. The molecule has 0 bridgehead atoms. The Labute approximate surface area is 125 Å². The summed E-state index contributed by atoms with van der Waals surface area (Å²) in [6.07, 6.45) is 5.62. The minimum atomic E-state index is -3.88. The molecule has 0 aliphatic heterocycles. The van der Waals surface area contributed by atoms with Crippen molar-refractivity contribution >= 4 is 10.0 Å². The number of halogens is 1. The van der Waals surface area contributed by atoms with Crippen LogP contribution in [0.4, 0.5) is 4.39 Å². The first-order valence-electron chi connectivity index (χ1n) is 6.09. The first-order chi connectivity index (χ1) is 10.4. The van der Waals surface area contributed by atoms with Gasteiger partial charge < -0.3 is 0 Å². The van der Waals surface area contributed by atoms with Crippen LogP contribution in [0.25, 0.3) is 16.9 Å². The molecule has 0 unspecified atom stereocenters. The largest absolute Gasteiger partial charge is 0.259 e. The maximum atomic E-state index is 13.2. The van der Waals surface area contributed by atoms with Gasteiger partial charge in [0.15, 0.2) is 5.03 Å². The Morgan fingerprint density at radius 3 is 2.73 bits per heavy atom. The highest BCUT2D eigenvalue weighted by atomic mass is 32.2. The lowest BCUT2D eigenvalue weighted by Crippen LogP contribution is -2.13. The highest BCUT2D eigenvalue weighted by Gasteiger charge is 2.12. The molecule has 22 heavy (non-hydrogen) atoms. The predicted molar refractivity (Wildman–Crippen MR) is 75.9 cm³/mol. The van der Waals surface area contributed by atoms with Crippen LogP contribution in [0.15, 0.2) is 54.1 Å². The molecular weight excluding hydrogens is 309 g/mol. The van der Waals surface area contributed by atoms with E-state index >= 15 is 0 Å². The summed E-state index contributed by atoms with van der Waals surface area (Å²) in [4.78, 5) is 7.72. The molecule has 3 aromatic rings. The van der Waals surface area contributed by atoms with E-state index in [1.54, 1.807) is 12.3 Å². The summed E-state index contributed by atoms with van der Waals surface area (Å²) in [6.45, 7) is 0. The van der Waals surface area contributed by atoms with E-state index in [1.165, 1.54) is 35.3 Å². The van der Waals surface area contributed by atoms with Crippen LogP contribution < -0.4 is 5.14 Å². The van der Waals surface area contributed by atoms with Crippen molar-refractivity contribution in [1.29, 1.82) is 0 Å². The first-order valence-corrected chi connectivity index (χ1v) is 7.64. The zero-order valence-corrected chi connectivity index (χ0v) is 11.9. The number of primary sulfonamides is 1.